The first-order valence-electron chi connectivity index (χ1n) is 12.0. The summed E-state index contributed by atoms with van der Waals surface area (Å²) in [4.78, 5) is 76.5. The van der Waals surface area contributed by atoms with Crippen molar-refractivity contribution in [3.63, 3.8) is 0 Å². The Kier molecular flexibility index (Phi) is 7.99. The molecular formula is C28H24N2O12. The van der Waals surface area contributed by atoms with Gasteiger partial charge in [0.05, 0.1) is 53.7 Å². The monoisotopic (exact) mass is 580 g/mol. The smallest absolute Gasteiger partial charge is 0.355 e. The molecule has 0 spiro atoms. The number of methoxy groups -OCH3 is 6. The molecule has 0 bridgehead atoms. The van der Waals surface area contributed by atoms with E-state index in [1.54, 1.807) is 12.1 Å². The van der Waals surface area contributed by atoms with Crippen molar-refractivity contribution in [3.05, 3.63) is 70.3 Å². The Bertz CT molecular complexity index is 1680. The van der Waals surface area contributed by atoms with Crippen LogP contribution in [0, 0.1) is 0 Å². The van der Waals surface area contributed by atoms with Crippen molar-refractivity contribution in [2.45, 2.75) is 0 Å². The van der Waals surface area contributed by atoms with Crippen LogP contribution in [-0.2, 0) is 28.4 Å². The van der Waals surface area contributed by atoms with E-state index in [0.717, 1.165) is 42.7 Å². The maximum absolute atomic E-state index is 12.9. The minimum absolute atomic E-state index is 0.106. The average Bonchev–Trinajstić information content (AvgIpc) is 3.55. The van der Waals surface area contributed by atoms with E-state index in [9.17, 15) is 28.8 Å². The normalized spacial score (nSPS) is 10.7. The summed E-state index contributed by atoms with van der Waals surface area (Å²) >= 11 is 0. The van der Waals surface area contributed by atoms with Gasteiger partial charge < -0.3 is 37.2 Å². The Balaban J connectivity index is 2.09. The summed E-state index contributed by atoms with van der Waals surface area (Å²) < 4.78 is 31.7. The number of hydrogen-bond donors (Lipinski definition) is 0. The highest BCUT2D eigenvalue weighted by Crippen LogP contribution is 2.33. The summed E-state index contributed by atoms with van der Waals surface area (Å²) in [5.74, 6) is -5.58. The quantitative estimate of drug-likeness (QED) is 0.232. The van der Waals surface area contributed by atoms with Gasteiger partial charge in [-0.2, -0.15) is 0 Å². The number of nitrogens with zero attached hydrogens (tertiary/aromatic N) is 2. The molecule has 0 saturated carbocycles. The fourth-order valence-electron chi connectivity index (χ4n) is 4.68. The van der Waals surface area contributed by atoms with Gasteiger partial charge in [-0.15, -0.1) is 0 Å². The molecule has 0 aliphatic carbocycles. The van der Waals surface area contributed by atoms with Crippen LogP contribution >= 0.6 is 0 Å². The zero-order valence-electron chi connectivity index (χ0n) is 23.3. The summed E-state index contributed by atoms with van der Waals surface area (Å²) in [6.45, 7) is 0. The molecule has 0 unspecified atom stereocenters. The molecule has 4 rings (SSSR count). The summed E-state index contributed by atoms with van der Waals surface area (Å²) in [5, 5.41) is 0. The number of pyridine rings is 2. The molecule has 0 radical (unpaired) electrons. The molecule has 42 heavy (non-hydrogen) atoms. The highest BCUT2D eigenvalue weighted by molar-refractivity contribution is 6.16. The average molecular weight is 581 g/mol. The van der Waals surface area contributed by atoms with Gasteiger partial charge >= 0.3 is 35.8 Å². The Labute approximate surface area is 237 Å². The predicted octanol–water partition coefficient (Wildman–Crippen LogP) is 2.58. The van der Waals surface area contributed by atoms with Gasteiger partial charge in [0, 0.05) is 12.4 Å². The van der Waals surface area contributed by atoms with Gasteiger partial charge in [-0.1, -0.05) is 0 Å². The third-order valence-corrected chi connectivity index (χ3v) is 6.53. The van der Waals surface area contributed by atoms with Crippen molar-refractivity contribution in [1.82, 2.24) is 8.80 Å². The molecule has 4 aromatic heterocycles. The lowest BCUT2D eigenvalue weighted by Gasteiger charge is -2.08. The molecule has 0 aliphatic heterocycles. The molecule has 0 N–H and O–H groups in total. The molecule has 4 heterocycles. The first-order chi connectivity index (χ1) is 20.1. The fraction of sp³-hybridized carbons (Fsp3) is 0.214. The summed E-state index contributed by atoms with van der Waals surface area (Å²) in [5.41, 5.74) is -0.615. The van der Waals surface area contributed by atoms with E-state index in [1.807, 2.05) is 0 Å². The molecule has 14 heteroatoms. The summed E-state index contributed by atoms with van der Waals surface area (Å²) in [7, 11) is 6.64. The van der Waals surface area contributed by atoms with E-state index in [-0.39, 0.29) is 44.7 Å². The van der Waals surface area contributed by atoms with Crippen LogP contribution in [0.5, 0.6) is 0 Å². The first-order valence-corrected chi connectivity index (χ1v) is 12.0. The number of carbonyl (C=O) groups is 6. The van der Waals surface area contributed by atoms with Crippen molar-refractivity contribution in [3.8, 4) is 11.1 Å². The molecule has 14 nitrogen and oxygen atoms in total. The van der Waals surface area contributed by atoms with Crippen LogP contribution in [-0.4, -0.2) is 87.3 Å². The second-order valence-corrected chi connectivity index (χ2v) is 8.49. The SMILES string of the molecule is COC(=O)c1c(C(=O)OC)c2cc(-c3ccn4c(C(=O)OC)c(C(=O)OC)c(C(=O)OC)c4c3)ccn2c1C(=O)OC. The molecule has 0 aromatic carbocycles. The second kappa shape index (κ2) is 11.4. The minimum Gasteiger partial charge on any atom is -0.465 e. The number of hydrogen-bond acceptors (Lipinski definition) is 12. The van der Waals surface area contributed by atoms with E-state index in [2.05, 4.69) is 0 Å². The topological polar surface area (TPSA) is 167 Å². The molecular weight excluding hydrogens is 556 g/mol. The van der Waals surface area contributed by atoms with Gasteiger partial charge in [0.1, 0.15) is 33.6 Å². The lowest BCUT2D eigenvalue weighted by atomic mass is 10.0. The minimum atomic E-state index is -0.968. The molecule has 0 amide bonds. The largest absolute Gasteiger partial charge is 0.465 e. The predicted molar refractivity (Wildman–Crippen MR) is 142 cm³/mol. The standard InChI is InChI=1S/C28H24N2O12/c1-37-23(31)17-15-11-13(7-9-29(15)21(27(35)41-5)19(17)25(33)39-3)14-8-10-30-16(12-14)18(24(32)38-2)20(26(34)40-4)22(30)28(36)42-6/h7-12H,1-6H3. The van der Waals surface area contributed by atoms with E-state index in [1.165, 1.54) is 33.3 Å². The Morgan fingerprint density at radius 2 is 0.738 bits per heavy atom. The van der Waals surface area contributed by atoms with E-state index >= 15 is 0 Å². The van der Waals surface area contributed by atoms with Crippen LogP contribution in [0.4, 0.5) is 0 Å². The highest BCUT2D eigenvalue weighted by atomic mass is 16.5. The van der Waals surface area contributed by atoms with Crippen LogP contribution in [0.2, 0.25) is 0 Å². The molecule has 0 fully saturated rings. The van der Waals surface area contributed by atoms with Crippen molar-refractivity contribution >= 4 is 46.8 Å². The molecule has 4 aromatic rings. The van der Waals surface area contributed by atoms with Gasteiger partial charge in [0.15, 0.2) is 0 Å². The van der Waals surface area contributed by atoms with Crippen molar-refractivity contribution in [2.75, 3.05) is 42.7 Å². The number of fused-ring (bicyclic) bond motifs is 2. The number of ether oxygens (including phenoxy) is 6. The third-order valence-electron chi connectivity index (χ3n) is 6.53. The number of rotatable bonds is 7. The Morgan fingerprint density at radius 1 is 0.452 bits per heavy atom. The Morgan fingerprint density at radius 3 is 1.02 bits per heavy atom. The third kappa shape index (κ3) is 4.48. The van der Waals surface area contributed by atoms with Crippen LogP contribution in [0.25, 0.3) is 22.2 Å². The lowest BCUT2D eigenvalue weighted by molar-refractivity contribution is 0.0535. The van der Waals surface area contributed by atoms with Gasteiger partial charge in [-0.25, -0.2) is 28.8 Å². The second-order valence-electron chi connectivity index (χ2n) is 8.49. The van der Waals surface area contributed by atoms with Crippen LogP contribution in [0.3, 0.4) is 0 Å². The van der Waals surface area contributed by atoms with E-state index < -0.39 is 35.8 Å². The van der Waals surface area contributed by atoms with Crippen molar-refractivity contribution < 1.29 is 57.2 Å². The van der Waals surface area contributed by atoms with Crippen LogP contribution in [0.1, 0.15) is 62.4 Å². The Hall–Kier alpha value is -5.66. The zero-order chi connectivity index (χ0) is 30.9. The zero-order valence-corrected chi connectivity index (χ0v) is 23.3. The highest BCUT2D eigenvalue weighted by Gasteiger charge is 2.35. The first kappa shape index (κ1) is 29.3. The van der Waals surface area contributed by atoms with E-state index in [0.29, 0.717) is 11.1 Å². The summed E-state index contributed by atoms with van der Waals surface area (Å²) in [6.07, 6.45) is 2.86. The van der Waals surface area contributed by atoms with Crippen molar-refractivity contribution in [1.29, 1.82) is 0 Å². The molecule has 0 aliphatic rings. The molecule has 218 valence electrons. The summed E-state index contributed by atoms with van der Waals surface area (Å²) in [6, 6.07) is 6.13. The fourth-order valence-corrected chi connectivity index (χ4v) is 4.68. The number of esters is 6. The number of carbonyl (C=O) groups excluding carboxylic acids is 6. The van der Waals surface area contributed by atoms with E-state index in [4.69, 9.17) is 28.4 Å². The van der Waals surface area contributed by atoms with Crippen LogP contribution < -0.4 is 0 Å². The maximum Gasteiger partial charge on any atom is 0.355 e. The van der Waals surface area contributed by atoms with Gasteiger partial charge in [-0.05, 0) is 35.4 Å². The maximum atomic E-state index is 12.9. The molecule has 0 saturated heterocycles. The molecule has 0 atom stereocenters. The van der Waals surface area contributed by atoms with Crippen molar-refractivity contribution in [2.24, 2.45) is 0 Å². The van der Waals surface area contributed by atoms with Crippen LogP contribution in [0.15, 0.2) is 36.7 Å². The number of aromatic nitrogens is 2. The van der Waals surface area contributed by atoms with Gasteiger partial charge in [-0.3, -0.25) is 0 Å². The van der Waals surface area contributed by atoms with Gasteiger partial charge in [0.2, 0.25) is 0 Å². The lowest BCUT2D eigenvalue weighted by Crippen LogP contribution is -2.15. The van der Waals surface area contributed by atoms with Gasteiger partial charge in [0.25, 0.3) is 0 Å².